The van der Waals surface area contributed by atoms with Gasteiger partial charge < -0.3 is 10.8 Å². The van der Waals surface area contributed by atoms with Crippen molar-refractivity contribution in [2.75, 3.05) is 6.61 Å². The smallest absolute Gasteiger partial charge is 0.0528 e. The van der Waals surface area contributed by atoms with Crippen LogP contribution >= 0.6 is 0 Å². The molecule has 5 heteroatoms. The van der Waals surface area contributed by atoms with E-state index in [1.54, 1.807) is 0 Å². The summed E-state index contributed by atoms with van der Waals surface area (Å²) in [5.41, 5.74) is 14.0. The van der Waals surface area contributed by atoms with Gasteiger partial charge in [-0.3, -0.25) is 0 Å². The fourth-order valence-corrected chi connectivity index (χ4v) is 1.62. The van der Waals surface area contributed by atoms with Crippen LogP contribution in [-0.2, 0) is 0 Å². The quantitative estimate of drug-likeness (QED) is 0.364. The third kappa shape index (κ3) is 2.11. The predicted molar refractivity (Wildman–Crippen MR) is 45.3 cm³/mol. The van der Waals surface area contributed by atoms with E-state index in [0.717, 1.165) is 19.3 Å². The summed E-state index contributed by atoms with van der Waals surface area (Å²) < 4.78 is 0. The molecule has 0 heterocycles. The summed E-state index contributed by atoms with van der Waals surface area (Å²) in [6.45, 7) is 0.171. The van der Waals surface area contributed by atoms with Crippen LogP contribution in [0.25, 0.3) is 10.4 Å². The lowest BCUT2D eigenvalue weighted by molar-refractivity contribution is 0.171. The first-order valence-corrected chi connectivity index (χ1v) is 4.18. The Labute approximate surface area is 71.2 Å². The minimum Gasteiger partial charge on any atom is -0.396 e. The molecule has 1 aliphatic carbocycles. The first-order chi connectivity index (χ1) is 5.77. The van der Waals surface area contributed by atoms with Gasteiger partial charge in [0.05, 0.1) is 6.04 Å². The molecule has 68 valence electrons. The normalized spacial score (nSPS) is 35.7. The molecule has 12 heavy (non-hydrogen) atoms. The average molecular weight is 170 g/mol. The zero-order valence-corrected chi connectivity index (χ0v) is 6.93. The lowest BCUT2D eigenvalue weighted by Crippen LogP contribution is -2.39. The van der Waals surface area contributed by atoms with E-state index in [9.17, 15) is 0 Å². The van der Waals surface area contributed by atoms with Gasteiger partial charge in [-0.15, -0.1) is 0 Å². The Morgan fingerprint density at radius 1 is 1.58 bits per heavy atom. The fourth-order valence-electron chi connectivity index (χ4n) is 1.62. The number of hydrogen-bond donors (Lipinski definition) is 2. The molecule has 1 unspecified atom stereocenters. The van der Waals surface area contributed by atoms with Crippen LogP contribution in [0.2, 0.25) is 0 Å². The van der Waals surface area contributed by atoms with Gasteiger partial charge in [0, 0.05) is 17.6 Å². The molecular formula is C7H14N4O. The molecule has 1 aliphatic rings. The maximum absolute atomic E-state index is 8.89. The van der Waals surface area contributed by atoms with Gasteiger partial charge in [-0.1, -0.05) is 5.11 Å². The number of rotatable bonds is 2. The van der Waals surface area contributed by atoms with Gasteiger partial charge in [-0.2, -0.15) is 0 Å². The summed E-state index contributed by atoms with van der Waals surface area (Å²) in [5.74, 6) is 0.264. The van der Waals surface area contributed by atoms with Crippen LogP contribution < -0.4 is 5.73 Å². The first-order valence-electron chi connectivity index (χ1n) is 4.18. The topological polar surface area (TPSA) is 95.0 Å². The highest BCUT2D eigenvalue weighted by atomic mass is 16.3. The van der Waals surface area contributed by atoms with E-state index in [4.69, 9.17) is 16.4 Å². The first kappa shape index (κ1) is 9.32. The molecule has 0 bridgehead atoms. The van der Waals surface area contributed by atoms with Gasteiger partial charge in [-0.25, -0.2) is 0 Å². The summed E-state index contributed by atoms with van der Waals surface area (Å²) in [5, 5.41) is 12.5. The summed E-state index contributed by atoms with van der Waals surface area (Å²) in [7, 11) is 0. The Hall–Kier alpha value is -0.770. The van der Waals surface area contributed by atoms with Gasteiger partial charge >= 0.3 is 0 Å². The maximum atomic E-state index is 8.89. The summed E-state index contributed by atoms with van der Waals surface area (Å²) in [6, 6.07) is -0.149. The van der Waals surface area contributed by atoms with Crippen LogP contribution in [0.15, 0.2) is 5.11 Å². The molecule has 0 amide bonds. The molecule has 1 rings (SSSR count). The number of aliphatic hydroxyl groups is 1. The van der Waals surface area contributed by atoms with Crippen molar-refractivity contribution in [2.24, 2.45) is 16.8 Å². The Balaban J connectivity index is 2.52. The molecule has 0 aromatic rings. The lowest BCUT2D eigenvalue weighted by Gasteiger charge is -2.29. The van der Waals surface area contributed by atoms with Gasteiger partial charge in [0.1, 0.15) is 0 Å². The van der Waals surface area contributed by atoms with E-state index in [0.29, 0.717) is 0 Å². The number of nitrogens with two attached hydrogens (primary N) is 1. The highest BCUT2D eigenvalue weighted by Gasteiger charge is 2.26. The molecule has 0 radical (unpaired) electrons. The van der Waals surface area contributed by atoms with Crippen molar-refractivity contribution in [3.8, 4) is 0 Å². The molecule has 0 aliphatic heterocycles. The van der Waals surface area contributed by atoms with Crippen molar-refractivity contribution in [1.29, 1.82) is 0 Å². The van der Waals surface area contributed by atoms with Crippen LogP contribution in [0.4, 0.5) is 0 Å². The Kier molecular flexibility index (Phi) is 3.34. The van der Waals surface area contributed by atoms with Gasteiger partial charge in [-0.05, 0) is 30.7 Å². The molecule has 0 saturated heterocycles. The average Bonchev–Trinajstić information content (AvgIpc) is 2.09. The number of azide groups is 1. The van der Waals surface area contributed by atoms with E-state index in [1.807, 2.05) is 0 Å². The molecule has 5 nitrogen and oxygen atoms in total. The Bertz CT molecular complexity index is 190. The van der Waals surface area contributed by atoms with E-state index in [-0.39, 0.29) is 24.6 Å². The van der Waals surface area contributed by atoms with E-state index in [1.165, 1.54) is 0 Å². The molecule has 3 atom stereocenters. The molecule has 1 saturated carbocycles. The minimum absolute atomic E-state index is 0.0244. The molecule has 0 spiro atoms. The predicted octanol–water partition coefficient (Wildman–Crippen LogP) is 0.785. The Morgan fingerprint density at radius 2 is 2.33 bits per heavy atom. The van der Waals surface area contributed by atoms with Crippen molar-refractivity contribution >= 4 is 0 Å². The van der Waals surface area contributed by atoms with Crippen LogP contribution in [0.5, 0.6) is 0 Å². The molecule has 0 aromatic heterocycles. The van der Waals surface area contributed by atoms with Crippen LogP contribution in [-0.4, -0.2) is 23.8 Å². The van der Waals surface area contributed by atoms with Crippen molar-refractivity contribution in [1.82, 2.24) is 0 Å². The van der Waals surface area contributed by atoms with Crippen molar-refractivity contribution in [2.45, 2.75) is 31.3 Å². The number of nitrogens with zero attached hydrogens (tertiary/aromatic N) is 3. The second kappa shape index (κ2) is 4.30. The van der Waals surface area contributed by atoms with Crippen LogP contribution in [0, 0.1) is 5.92 Å². The summed E-state index contributed by atoms with van der Waals surface area (Å²) >= 11 is 0. The van der Waals surface area contributed by atoms with Crippen LogP contribution in [0.1, 0.15) is 19.3 Å². The maximum Gasteiger partial charge on any atom is 0.0528 e. The second-order valence-corrected chi connectivity index (χ2v) is 3.30. The van der Waals surface area contributed by atoms with Crippen LogP contribution in [0.3, 0.4) is 0 Å². The molecule has 1 fully saturated rings. The molecule has 0 aromatic carbocycles. The summed E-state index contributed by atoms with van der Waals surface area (Å²) in [4.78, 5) is 2.74. The largest absolute Gasteiger partial charge is 0.396 e. The lowest BCUT2D eigenvalue weighted by atomic mass is 9.83. The minimum atomic E-state index is -0.124. The standard InChI is InChI=1S/C7H14N4O/c8-6-2-1-5(4-12)3-7(6)10-11-9/h5-7,12H,1-4,8H2/t5?,6-,7+/m0/s1. The zero-order valence-electron chi connectivity index (χ0n) is 6.93. The van der Waals surface area contributed by atoms with Crippen molar-refractivity contribution in [3.63, 3.8) is 0 Å². The summed E-state index contributed by atoms with van der Waals surface area (Å²) in [6.07, 6.45) is 2.51. The monoisotopic (exact) mass is 170 g/mol. The molecular weight excluding hydrogens is 156 g/mol. The Morgan fingerprint density at radius 3 is 2.92 bits per heavy atom. The van der Waals surface area contributed by atoms with Gasteiger partial charge in [0.15, 0.2) is 0 Å². The molecule has 3 N–H and O–H groups in total. The van der Waals surface area contributed by atoms with E-state index >= 15 is 0 Å². The van der Waals surface area contributed by atoms with E-state index in [2.05, 4.69) is 10.0 Å². The number of aliphatic hydroxyl groups excluding tert-OH is 1. The van der Waals surface area contributed by atoms with Gasteiger partial charge in [0.2, 0.25) is 0 Å². The van der Waals surface area contributed by atoms with Crippen molar-refractivity contribution in [3.05, 3.63) is 10.4 Å². The highest BCUT2D eigenvalue weighted by molar-refractivity contribution is 4.87. The third-order valence-electron chi connectivity index (χ3n) is 2.44. The fraction of sp³-hybridized carbons (Fsp3) is 1.00. The number of hydrogen-bond acceptors (Lipinski definition) is 3. The SMILES string of the molecule is [N-]=[N+]=N[C@@H]1CC(CO)CC[C@@H]1N. The zero-order chi connectivity index (χ0) is 8.97. The van der Waals surface area contributed by atoms with Gasteiger partial charge in [0.25, 0.3) is 0 Å². The van der Waals surface area contributed by atoms with E-state index < -0.39 is 0 Å². The second-order valence-electron chi connectivity index (χ2n) is 3.30. The third-order valence-corrected chi connectivity index (χ3v) is 2.44. The highest BCUT2D eigenvalue weighted by Crippen LogP contribution is 2.25. The van der Waals surface area contributed by atoms with Crippen molar-refractivity contribution < 1.29 is 5.11 Å².